The van der Waals surface area contributed by atoms with E-state index in [1.54, 1.807) is 12.1 Å². The second kappa shape index (κ2) is 6.90. The van der Waals surface area contributed by atoms with Crippen LogP contribution in [-0.4, -0.2) is 12.6 Å². The highest BCUT2D eigenvalue weighted by molar-refractivity contribution is 5.34. The molecule has 0 spiro atoms. The molecule has 2 nitrogen and oxygen atoms in total. The van der Waals surface area contributed by atoms with Crippen molar-refractivity contribution in [2.24, 2.45) is 5.92 Å². The molecule has 1 aliphatic rings. The van der Waals surface area contributed by atoms with Gasteiger partial charge in [-0.15, -0.1) is 0 Å². The van der Waals surface area contributed by atoms with Crippen molar-refractivity contribution in [3.63, 3.8) is 0 Å². The lowest BCUT2D eigenvalue weighted by Crippen LogP contribution is -2.20. The third-order valence-corrected chi connectivity index (χ3v) is 3.49. The van der Waals surface area contributed by atoms with Gasteiger partial charge in [0.2, 0.25) is 0 Å². The molecule has 0 radical (unpaired) electrons. The zero-order valence-electron chi connectivity index (χ0n) is 11.9. The SMILES string of the molecule is CC(C)CNCc1cc(F)ccc1OC1CCCC1. The van der Waals surface area contributed by atoms with E-state index in [9.17, 15) is 4.39 Å². The predicted molar refractivity (Wildman–Crippen MR) is 75.8 cm³/mol. The summed E-state index contributed by atoms with van der Waals surface area (Å²) >= 11 is 0. The molecule has 0 bridgehead atoms. The molecule has 0 unspecified atom stereocenters. The van der Waals surface area contributed by atoms with Gasteiger partial charge in [-0.1, -0.05) is 13.8 Å². The Hall–Kier alpha value is -1.09. The molecule has 19 heavy (non-hydrogen) atoms. The summed E-state index contributed by atoms with van der Waals surface area (Å²) in [5.74, 6) is 1.23. The highest BCUT2D eigenvalue weighted by atomic mass is 19.1. The van der Waals surface area contributed by atoms with Gasteiger partial charge in [0.05, 0.1) is 6.10 Å². The molecular weight excluding hydrogens is 241 g/mol. The van der Waals surface area contributed by atoms with Crippen LogP contribution >= 0.6 is 0 Å². The summed E-state index contributed by atoms with van der Waals surface area (Å²) in [5.41, 5.74) is 0.924. The molecule has 0 atom stereocenters. The van der Waals surface area contributed by atoms with E-state index < -0.39 is 0 Å². The van der Waals surface area contributed by atoms with Crippen LogP contribution in [-0.2, 0) is 6.54 Å². The van der Waals surface area contributed by atoms with Gasteiger partial charge in [0.1, 0.15) is 11.6 Å². The lowest BCUT2D eigenvalue weighted by atomic mass is 10.1. The molecule has 0 heterocycles. The molecule has 1 fully saturated rings. The number of rotatable bonds is 6. The van der Waals surface area contributed by atoms with E-state index in [0.717, 1.165) is 30.7 Å². The number of ether oxygens (including phenoxy) is 1. The second-order valence-corrected chi connectivity index (χ2v) is 5.80. The van der Waals surface area contributed by atoms with Gasteiger partial charge < -0.3 is 10.1 Å². The normalized spacial score (nSPS) is 16.2. The van der Waals surface area contributed by atoms with E-state index >= 15 is 0 Å². The first kappa shape index (κ1) is 14.3. The van der Waals surface area contributed by atoms with Crippen LogP contribution in [0.5, 0.6) is 5.75 Å². The van der Waals surface area contributed by atoms with E-state index in [2.05, 4.69) is 19.2 Å². The van der Waals surface area contributed by atoms with Gasteiger partial charge in [-0.3, -0.25) is 0 Å². The Kier molecular flexibility index (Phi) is 5.20. The highest BCUT2D eigenvalue weighted by Crippen LogP contribution is 2.27. The minimum absolute atomic E-state index is 0.194. The first-order valence-electron chi connectivity index (χ1n) is 7.31. The largest absolute Gasteiger partial charge is 0.490 e. The molecule has 3 heteroatoms. The summed E-state index contributed by atoms with van der Waals surface area (Å²) < 4.78 is 19.4. The first-order chi connectivity index (χ1) is 9.15. The first-order valence-corrected chi connectivity index (χ1v) is 7.31. The minimum atomic E-state index is -0.194. The zero-order valence-corrected chi connectivity index (χ0v) is 11.9. The van der Waals surface area contributed by atoms with E-state index in [1.807, 2.05) is 0 Å². The summed E-state index contributed by atoms with van der Waals surface area (Å²) in [5, 5.41) is 3.35. The number of nitrogens with one attached hydrogen (secondary N) is 1. The Morgan fingerprint density at radius 2 is 2.05 bits per heavy atom. The molecule has 1 aromatic rings. The Bertz CT molecular complexity index is 400. The molecule has 0 amide bonds. The van der Waals surface area contributed by atoms with E-state index in [4.69, 9.17) is 4.74 Å². The summed E-state index contributed by atoms with van der Waals surface area (Å²) in [6.07, 6.45) is 5.04. The van der Waals surface area contributed by atoms with Crippen molar-refractivity contribution in [1.29, 1.82) is 0 Å². The third kappa shape index (κ3) is 4.50. The van der Waals surface area contributed by atoms with E-state index in [1.165, 1.54) is 18.9 Å². The predicted octanol–water partition coefficient (Wildman–Crippen LogP) is 3.89. The fraction of sp³-hybridized carbons (Fsp3) is 0.625. The number of benzene rings is 1. The molecule has 0 aromatic heterocycles. The number of hydrogen-bond donors (Lipinski definition) is 1. The average Bonchev–Trinajstić information content (AvgIpc) is 2.85. The smallest absolute Gasteiger partial charge is 0.124 e. The molecule has 1 N–H and O–H groups in total. The molecule has 0 saturated heterocycles. The quantitative estimate of drug-likeness (QED) is 0.842. The van der Waals surface area contributed by atoms with Crippen LogP contribution in [0.2, 0.25) is 0 Å². The fourth-order valence-electron chi connectivity index (χ4n) is 2.48. The monoisotopic (exact) mass is 265 g/mol. The fourth-order valence-corrected chi connectivity index (χ4v) is 2.48. The molecule has 2 rings (SSSR count). The Labute approximate surface area is 115 Å². The highest BCUT2D eigenvalue weighted by Gasteiger charge is 2.18. The third-order valence-electron chi connectivity index (χ3n) is 3.49. The van der Waals surface area contributed by atoms with Gasteiger partial charge in [0.25, 0.3) is 0 Å². The van der Waals surface area contributed by atoms with Crippen LogP contribution in [0.4, 0.5) is 4.39 Å². The maximum Gasteiger partial charge on any atom is 0.124 e. The van der Waals surface area contributed by atoms with Crippen molar-refractivity contribution in [2.75, 3.05) is 6.54 Å². The van der Waals surface area contributed by atoms with Crippen LogP contribution in [0.25, 0.3) is 0 Å². The molecule has 1 saturated carbocycles. The Balaban J connectivity index is 1.99. The lowest BCUT2D eigenvalue weighted by Gasteiger charge is -2.17. The maximum absolute atomic E-state index is 13.4. The Morgan fingerprint density at radius 3 is 2.74 bits per heavy atom. The minimum Gasteiger partial charge on any atom is -0.490 e. The van der Waals surface area contributed by atoms with Gasteiger partial charge in [0, 0.05) is 12.1 Å². The van der Waals surface area contributed by atoms with Gasteiger partial charge in [-0.2, -0.15) is 0 Å². The van der Waals surface area contributed by atoms with E-state index in [0.29, 0.717) is 18.6 Å². The van der Waals surface area contributed by atoms with Crippen molar-refractivity contribution in [3.05, 3.63) is 29.6 Å². The lowest BCUT2D eigenvalue weighted by molar-refractivity contribution is 0.207. The Morgan fingerprint density at radius 1 is 1.32 bits per heavy atom. The van der Waals surface area contributed by atoms with Crippen molar-refractivity contribution < 1.29 is 9.13 Å². The summed E-state index contributed by atoms with van der Waals surface area (Å²) in [6, 6.07) is 4.83. The molecule has 106 valence electrons. The van der Waals surface area contributed by atoms with Crippen molar-refractivity contribution >= 4 is 0 Å². The summed E-state index contributed by atoms with van der Waals surface area (Å²) in [4.78, 5) is 0. The summed E-state index contributed by atoms with van der Waals surface area (Å²) in [7, 11) is 0. The average molecular weight is 265 g/mol. The van der Waals surface area contributed by atoms with Crippen LogP contribution in [0.15, 0.2) is 18.2 Å². The standard InChI is InChI=1S/C16H24FNO/c1-12(2)10-18-11-13-9-14(17)7-8-16(13)19-15-5-3-4-6-15/h7-9,12,15,18H,3-6,10-11H2,1-2H3. The van der Waals surface area contributed by atoms with Crippen molar-refractivity contribution in [3.8, 4) is 5.75 Å². The van der Waals surface area contributed by atoms with Crippen LogP contribution in [0.3, 0.4) is 0 Å². The molecule has 0 aliphatic heterocycles. The van der Waals surface area contributed by atoms with Gasteiger partial charge >= 0.3 is 0 Å². The number of hydrogen-bond acceptors (Lipinski definition) is 2. The zero-order chi connectivity index (χ0) is 13.7. The molecule has 1 aliphatic carbocycles. The van der Waals surface area contributed by atoms with Gasteiger partial charge in [-0.05, 0) is 56.3 Å². The van der Waals surface area contributed by atoms with Gasteiger partial charge in [0.15, 0.2) is 0 Å². The van der Waals surface area contributed by atoms with Crippen molar-refractivity contribution in [2.45, 2.75) is 52.2 Å². The van der Waals surface area contributed by atoms with Crippen LogP contribution in [0, 0.1) is 11.7 Å². The number of halogens is 1. The molecule has 1 aromatic carbocycles. The van der Waals surface area contributed by atoms with Crippen LogP contribution < -0.4 is 10.1 Å². The summed E-state index contributed by atoms with van der Waals surface area (Å²) in [6.45, 7) is 5.92. The van der Waals surface area contributed by atoms with Crippen molar-refractivity contribution in [1.82, 2.24) is 5.32 Å². The maximum atomic E-state index is 13.4. The van der Waals surface area contributed by atoms with Crippen LogP contribution in [0.1, 0.15) is 45.1 Å². The molecular formula is C16H24FNO. The van der Waals surface area contributed by atoms with Gasteiger partial charge in [-0.25, -0.2) is 4.39 Å². The topological polar surface area (TPSA) is 21.3 Å². The second-order valence-electron chi connectivity index (χ2n) is 5.80. The van der Waals surface area contributed by atoms with E-state index in [-0.39, 0.29) is 5.82 Å².